The van der Waals surface area contributed by atoms with Gasteiger partial charge in [0, 0.05) is 18.7 Å². The lowest BCUT2D eigenvalue weighted by atomic mass is 10.2. The van der Waals surface area contributed by atoms with Gasteiger partial charge in [0.05, 0.1) is 4.90 Å². The number of nitrogens with one attached hydrogen (secondary N) is 2. The second-order valence-electron chi connectivity index (χ2n) is 4.63. The van der Waals surface area contributed by atoms with E-state index in [4.69, 9.17) is 0 Å². The molecule has 0 heterocycles. The molecule has 0 aliphatic heterocycles. The van der Waals surface area contributed by atoms with Gasteiger partial charge in [-0.2, -0.15) is 11.8 Å². The first kappa shape index (κ1) is 18.4. The number of halogens is 1. The summed E-state index contributed by atoms with van der Waals surface area (Å²) in [6.07, 6.45) is 3.79. The average Bonchev–Trinajstić information content (AvgIpc) is 2.46. The van der Waals surface area contributed by atoms with Gasteiger partial charge in [-0.25, -0.2) is 17.5 Å². The van der Waals surface area contributed by atoms with E-state index in [0.29, 0.717) is 25.2 Å². The Morgan fingerprint density at radius 2 is 2.05 bits per heavy atom. The van der Waals surface area contributed by atoms with Crippen LogP contribution in [-0.2, 0) is 16.6 Å². The van der Waals surface area contributed by atoms with Gasteiger partial charge < -0.3 is 5.32 Å². The number of thioether (sulfide) groups is 1. The average molecular weight is 334 g/mol. The minimum absolute atomic E-state index is 0.113. The molecule has 0 fully saturated rings. The van der Waals surface area contributed by atoms with E-state index in [1.54, 1.807) is 11.8 Å². The van der Waals surface area contributed by atoms with Crippen molar-refractivity contribution in [1.82, 2.24) is 10.0 Å². The first-order valence-corrected chi connectivity index (χ1v) is 9.86. The summed E-state index contributed by atoms with van der Waals surface area (Å²) in [7, 11) is -3.56. The predicted molar refractivity (Wildman–Crippen MR) is 86.6 cm³/mol. The van der Waals surface area contributed by atoms with Crippen LogP contribution in [0.5, 0.6) is 0 Å². The van der Waals surface area contributed by atoms with Crippen molar-refractivity contribution in [2.24, 2.45) is 0 Å². The van der Waals surface area contributed by atoms with Crippen LogP contribution in [0, 0.1) is 5.82 Å². The number of hydrogen-bond acceptors (Lipinski definition) is 4. The normalized spacial score (nSPS) is 11.8. The molecule has 0 unspecified atom stereocenters. The number of sulfonamides is 1. The lowest BCUT2D eigenvalue weighted by Crippen LogP contribution is -2.25. The molecule has 21 heavy (non-hydrogen) atoms. The van der Waals surface area contributed by atoms with Gasteiger partial charge in [-0.1, -0.05) is 6.92 Å². The Bertz CT molecular complexity index is 536. The van der Waals surface area contributed by atoms with Crippen molar-refractivity contribution < 1.29 is 12.8 Å². The summed E-state index contributed by atoms with van der Waals surface area (Å²) in [6.45, 7) is 3.33. The monoisotopic (exact) mass is 334 g/mol. The highest BCUT2D eigenvalue weighted by molar-refractivity contribution is 7.98. The highest BCUT2D eigenvalue weighted by atomic mass is 32.2. The highest BCUT2D eigenvalue weighted by Gasteiger charge is 2.15. The molecular formula is C14H23FN2O2S2. The SMILES string of the molecule is CCNCc1cc(S(=O)(=O)NCCCCSC)ccc1F. The van der Waals surface area contributed by atoms with Crippen molar-refractivity contribution in [3.8, 4) is 0 Å². The second kappa shape index (κ2) is 9.40. The predicted octanol–water partition coefficient (Wildman–Crippen LogP) is 2.36. The fourth-order valence-electron chi connectivity index (χ4n) is 1.77. The minimum Gasteiger partial charge on any atom is -0.313 e. The van der Waals surface area contributed by atoms with E-state index in [1.807, 2.05) is 13.2 Å². The van der Waals surface area contributed by atoms with Gasteiger partial charge in [0.25, 0.3) is 0 Å². The zero-order valence-electron chi connectivity index (χ0n) is 12.5. The van der Waals surface area contributed by atoms with Gasteiger partial charge in [-0.05, 0) is 49.6 Å². The minimum atomic E-state index is -3.56. The molecular weight excluding hydrogens is 311 g/mol. The Labute approximate surface area is 131 Å². The van der Waals surface area contributed by atoms with Crippen LogP contribution < -0.4 is 10.0 Å². The summed E-state index contributed by atoms with van der Waals surface area (Å²) < 4.78 is 40.5. The molecule has 1 aromatic carbocycles. The molecule has 0 atom stereocenters. The third-order valence-corrected chi connectivity index (χ3v) is 5.12. The van der Waals surface area contributed by atoms with Crippen LogP contribution in [0.4, 0.5) is 4.39 Å². The molecule has 0 amide bonds. The maximum atomic E-state index is 13.6. The van der Waals surface area contributed by atoms with Crippen molar-refractivity contribution >= 4 is 21.8 Å². The van der Waals surface area contributed by atoms with Crippen molar-refractivity contribution in [1.29, 1.82) is 0 Å². The van der Waals surface area contributed by atoms with E-state index in [2.05, 4.69) is 10.0 Å². The Hall–Kier alpha value is -0.630. The largest absolute Gasteiger partial charge is 0.313 e. The lowest BCUT2D eigenvalue weighted by Gasteiger charge is -2.09. The van der Waals surface area contributed by atoms with Crippen LogP contribution >= 0.6 is 11.8 Å². The van der Waals surface area contributed by atoms with E-state index >= 15 is 0 Å². The quantitative estimate of drug-likeness (QED) is 0.645. The molecule has 4 nitrogen and oxygen atoms in total. The van der Waals surface area contributed by atoms with Crippen molar-refractivity contribution in [2.45, 2.75) is 31.2 Å². The molecule has 0 radical (unpaired) electrons. The van der Waals surface area contributed by atoms with E-state index in [-0.39, 0.29) is 4.90 Å². The van der Waals surface area contributed by atoms with Crippen LogP contribution in [0.3, 0.4) is 0 Å². The molecule has 1 rings (SSSR count). The summed E-state index contributed by atoms with van der Waals surface area (Å²) in [5, 5.41) is 2.99. The summed E-state index contributed by atoms with van der Waals surface area (Å²) in [5.74, 6) is 0.625. The molecule has 0 saturated heterocycles. The first-order valence-electron chi connectivity index (χ1n) is 6.99. The smallest absolute Gasteiger partial charge is 0.240 e. The molecule has 0 spiro atoms. The first-order chi connectivity index (χ1) is 10.0. The summed E-state index contributed by atoms with van der Waals surface area (Å²) >= 11 is 1.74. The number of benzene rings is 1. The van der Waals surface area contributed by atoms with Gasteiger partial charge in [-0.15, -0.1) is 0 Å². The van der Waals surface area contributed by atoms with Crippen molar-refractivity contribution in [3.63, 3.8) is 0 Å². The fraction of sp³-hybridized carbons (Fsp3) is 0.571. The zero-order valence-corrected chi connectivity index (χ0v) is 14.1. The standard InChI is InChI=1S/C14H23FN2O2S2/c1-3-16-11-12-10-13(6-7-14(12)15)21(18,19)17-8-4-5-9-20-2/h6-7,10,16-17H,3-5,8-9,11H2,1-2H3. The van der Waals surface area contributed by atoms with Gasteiger partial charge in [0.1, 0.15) is 5.82 Å². The molecule has 0 bridgehead atoms. The molecule has 7 heteroatoms. The van der Waals surface area contributed by atoms with E-state index in [1.165, 1.54) is 18.2 Å². The number of rotatable bonds is 10. The Kier molecular flexibility index (Phi) is 8.24. The van der Waals surface area contributed by atoms with Gasteiger partial charge >= 0.3 is 0 Å². The van der Waals surface area contributed by atoms with E-state index in [9.17, 15) is 12.8 Å². The van der Waals surface area contributed by atoms with Gasteiger partial charge in [0.15, 0.2) is 0 Å². The van der Waals surface area contributed by atoms with E-state index < -0.39 is 15.8 Å². The second-order valence-corrected chi connectivity index (χ2v) is 7.38. The summed E-state index contributed by atoms with van der Waals surface area (Å²) in [6, 6.07) is 3.90. The third-order valence-electron chi connectivity index (χ3n) is 2.96. The summed E-state index contributed by atoms with van der Waals surface area (Å²) in [5.41, 5.74) is 0.363. The molecule has 0 saturated carbocycles. The molecule has 120 valence electrons. The van der Waals surface area contributed by atoms with Gasteiger partial charge in [-0.3, -0.25) is 0 Å². The Morgan fingerprint density at radius 1 is 1.29 bits per heavy atom. The zero-order chi connectivity index (χ0) is 15.7. The van der Waals surface area contributed by atoms with Crippen LogP contribution in [0.25, 0.3) is 0 Å². The van der Waals surface area contributed by atoms with E-state index in [0.717, 1.165) is 18.6 Å². The maximum absolute atomic E-state index is 13.6. The Balaban J connectivity index is 2.69. The van der Waals surface area contributed by atoms with Crippen LogP contribution in [0.15, 0.2) is 23.1 Å². The molecule has 0 aliphatic carbocycles. The Morgan fingerprint density at radius 3 is 2.71 bits per heavy atom. The molecule has 0 aliphatic rings. The third kappa shape index (κ3) is 6.34. The molecule has 1 aromatic rings. The number of unbranched alkanes of at least 4 members (excludes halogenated alkanes) is 1. The highest BCUT2D eigenvalue weighted by Crippen LogP contribution is 2.15. The van der Waals surface area contributed by atoms with Gasteiger partial charge in [0.2, 0.25) is 10.0 Å². The molecule has 0 aromatic heterocycles. The maximum Gasteiger partial charge on any atom is 0.240 e. The van der Waals surface area contributed by atoms with Crippen molar-refractivity contribution in [3.05, 3.63) is 29.6 Å². The van der Waals surface area contributed by atoms with Crippen LogP contribution in [0.1, 0.15) is 25.3 Å². The van der Waals surface area contributed by atoms with Crippen LogP contribution in [0.2, 0.25) is 0 Å². The summed E-state index contributed by atoms with van der Waals surface area (Å²) in [4.78, 5) is 0.113. The topological polar surface area (TPSA) is 58.2 Å². The van der Waals surface area contributed by atoms with Crippen molar-refractivity contribution in [2.75, 3.05) is 25.1 Å². The molecule has 2 N–H and O–H groups in total. The fourth-order valence-corrected chi connectivity index (χ4v) is 3.39. The lowest BCUT2D eigenvalue weighted by molar-refractivity contribution is 0.574. The van der Waals surface area contributed by atoms with Crippen LogP contribution in [-0.4, -0.2) is 33.5 Å². The number of hydrogen-bond donors (Lipinski definition) is 2.